The fourth-order valence-electron chi connectivity index (χ4n) is 3.26. The number of thiophene rings is 1. The van der Waals surface area contributed by atoms with E-state index in [1.54, 1.807) is 12.1 Å². The van der Waals surface area contributed by atoms with Crippen LogP contribution >= 0.6 is 11.3 Å². The summed E-state index contributed by atoms with van der Waals surface area (Å²) < 4.78 is 35.3. The van der Waals surface area contributed by atoms with Crippen molar-refractivity contribution in [3.8, 4) is 5.75 Å². The molecule has 0 aliphatic carbocycles. The van der Waals surface area contributed by atoms with Crippen molar-refractivity contribution in [3.63, 3.8) is 0 Å². The summed E-state index contributed by atoms with van der Waals surface area (Å²) in [6.45, 7) is 5.30. The molecule has 1 heterocycles. The summed E-state index contributed by atoms with van der Waals surface area (Å²) in [4.78, 5) is 11.2. The number of sulfonamides is 1. The maximum absolute atomic E-state index is 12.9. The Labute approximate surface area is 186 Å². The Morgan fingerprint density at radius 2 is 1.81 bits per heavy atom. The first-order chi connectivity index (χ1) is 14.6. The molecule has 0 radical (unpaired) electrons. The zero-order chi connectivity index (χ0) is 22.6. The van der Waals surface area contributed by atoms with Gasteiger partial charge in [0, 0.05) is 11.2 Å². The predicted molar refractivity (Wildman–Crippen MR) is 123 cm³/mol. The maximum Gasteiger partial charge on any atom is 0.347 e. The molecule has 0 aliphatic heterocycles. The van der Waals surface area contributed by atoms with Gasteiger partial charge in [-0.05, 0) is 67.8 Å². The van der Waals surface area contributed by atoms with E-state index in [9.17, 15) is 13.2 Å². The van der Waals surface area contributed by atoms with E-state index in [1.165, 1.54) is 25.2 Å². The lowest BCUT2D eigenvalue weighted by Gasteiger charge is -2.21. The SMILES string of the molecule is CCc1c(S(=O)(=O)NCCCc2ccc(OC(C)(C)C(=O)O)cc2)sc2ccccc12. The molecule has 0 unspecified atom stereocenters. The summed E-state index contributed by atoms with van der Waals surface area (Å²) in [6.07, 6.45) is 2.00. The second kappa shape index (κ2) is 9.38. The van der Waals surface area contributed by atoms with Crippen LogP contribution in [0.25, 0.3) is 10.1 Å². The Balaban J connectivity index is 1.58. The number of carboxylic acids is 1. The molecule has 0 bridgehead atoms. The topological polar surface area (TPSA) is 92.7 Å². The van der Waals surface area contributed by atoms with Crippen LogP contribution < -0.4 is 9.46 Å². The number of hydrogen-bond donors (Lipinski definition) is 2. The van der Waals surface area contributed by atoms with Crippen LogP contribution in [0.1, 0.15) is 38.3 Å². The van der Waals surface area contributed by atoms with Gasteiger partial charge >= 0.3 is 5.97 Å². The van der Waals surface area contributed by atoms with Gasteiger partial charge in [0.25, 0.3) is 0 Å². The standard InChI is InChI=1S/C23H27NO5S2/c1-4-18-19-9-5-6-10-20(19)30-21(18)31(27,28)24-15-7-8-16-11-13-17(14-12-16)29-23(2,3)22(25)26/h5-6,9-14,24H,4,7-8,15H2,1-3H3,(H,25,26). The van der Waals surface area contributed by atoms with Gasteiger partial charge in [0.05, 0.1) is 0 Å². The highest BCUT2D eigenvalue weighted by Gasteiger charge is 2.29. The molecule has 0 fully saturated rings. The summed E-state index contributed by atoms with van der Waals surface area (Å²) in [6, 6.07) is 14.9. The summed E-state index contributed by atoms with van der Waals surface area (Å²) in [5, 5.41) is 10.1. The molecule has 2 aromatic carbocycles. The largest absolute Gasteiger partial charge is 0.478 e. The third-order valence-electron chi connectivity index (χ3n) is 5.00. The van der Waals surface area contributed by atoms with Crippen LogP contribution in [0.4, 0.5) is 0 Å². The van der Waals surface area contributed by atoms with Crippen molar-refractivity contribution in [3.05, 3.63) is 59.7 Å². The molecule has 0 amide bonds. The highest BCUT2D eigenvalue weighted by Crippen LogP contribution is 2.34. The van der Waals surface area contributed by atoms with Gasteiger partial charge in [0.1, 0.15) is 9.96 Å². The second-order valence-corrected chi connectivity index (χ2v) is 10.8. The first kappa shape index (κ1) is 23.2. The maximum atomic E-state index is 12.9. The Hall–Kier alpha value is -2.42. The van der Waals surface area contributed by atoms with E-state index in [4.69, 9.17) is 9.84 Å². The van der Waals surface area contributed by atoms with E-state index < -0.39 is 21.6 Å². The zero-order valence-electron chi connectivity index (χ0n) is 17.8. The number of aliphatic carboxylic acids is 1. The fourth-order valence-corrected chi connectivity index (χ4v) is 6.29. The van der Waals surface area contributed by atoms with Crippen LogP contribution in [0.15, 0.2) is 52.7 Å². The van der Waals surface area contributed by atoms with Gasteiger partial charge in [-0.25, -0.2) is 17.9 Å². The molecular weight excluding hydrogens is 434 g/mol. The minimum absolute atomic E-state index is 0.337. The van der Waals surface area contributed by atoms with E-state index in [0.29, 0.717) is 35.8 Å². The van der Waals surface area contributed by atoms with Crippen molar-refractivity contribution in [2.45, 2.75) is 49.8 Å². The molecule has 3 rings (SSSR count). The Morgan fingerprint density at radius 3 is 2.45 bits per heavy atom. The van der Waals surface area contributed by atoms with E-state index in [0.717, 1.165) is 21.2 Å². The van der Waals surface area contributed by atoms with E-state index in [2.05, 4.69) is 4.72 Å². The fraction of sp³-hybridized carbons (Fsp3) is 0.348. The number of carboxylic acid groups (broad SMARTS) is 1. The minimum Gasteiger partial charge on any atom is -0.478 e. The summed E-state index contributed by atoms with van der Waals surface area (Å²) in [7, 11) is -3.56. The number of aryl methyl sites for hydroxylation is 2. The lowest BCUT2D eigenvalue weighted by molar-refractivity contribution is -0.152. The molecule has 6 nitrogen and oxygen atoms in total. The lowest BCUT2D eigenvalue weighted by atomic mass is 10.1. The third-order valence-corrected chi connectivity index (χ3v) is 8.24. The molecule has 3 aromatic rings. The van der Waals surface area contributed by atoms with Crippen LogP contribution in [-0.4, -0.2) is 31.6 Å². The molecular formula is C23H27NO5S2. The molecule has 0 atom stereocenters. The molecule has 0 aliphatic rings. The van der Waals surface area contributed by atoms with Crippen molar-refractivity contribution in [1.82, 2.24) is 4.72 Å². The van der Waals surface area contributed by atoms with Gasteiger partial charge in [-0.15, -0.1) is 11.3 Å². The summed E-state index contributed by atoms with van der Waals surface area (Å²) in [5.74, 6) is -0.553. The lowest BCUT2D eigenvalue weighted by Crippen LogP contribution is -2.37. The van der Waals surface area contributed by atoms with Crippen LogP contribution in [0, 0.1) is 0 Å². The van der Waals surface area contributed by atoms with Gasteiger partial charge < -0.3 is 9.84 Å². The quantitative estimate of drug-likeness (QED) is 0.430. The van der Waals surface area contributed by atoms with Crippen molar-refractivity contribution in [2.24, 2.45) is 0 Å². The van der Waals surface area contributed by atoms with Crippen molar-refractivity contribution >= 4 is 37.4 Å². The van der Waals surface area contributed by atoms with Gasteiger partial charge in [-0.2, -0.15) is 0 Å². The smallest absolute Gasteiger partial charge is 0.347 e. The normalized spacial score (nSPS) is 12.2. The van der Waals surface area contributed by atoms with Crippen molar-refractivity contribution in [1.29, 1.82) is 0 Å². The molecule has 8 heteroatoms. The summed E-state index contributed by atoms with van der Waals surface area (Å²) in [5.41, 5.74) is 0.591. The number of rotatable bonds is 10. The third kappa shape index (κ3) is 5.44. The molecule has 0 saturated carbocycles. The predicted octanol–water partition coefficient (Wildman–Crippen LogP) is 4.62. The van der Waals surface area contributed by atoms with Gasteiger partial charge in [0.15, 0.2) is 5.60 Å². The molecule has 0 saturated heterocycles. The van der Waals surface area contributed by atoms with Gasteiger partial charge in [-0.1, -0.05) is 37.3 Å². The average Bonchev–Trinajstić information content (AvgIpc) is 3.12. The molecule has 1 aromatic heterocycles. The first-order valence-corrected chi connectivity index (χ1v) is 12.5. The molecule has 31 heavy (non-hydrogen) atoms. The Bertz CT molecular complexity index is 1160. The molecule has 2 N–H and O–H groups in total. The number of benzene rings is 2. The average molecular weight is 462 g/mol. The van der Waals surface area contributed by atoms with Crippen molar-refractivity contribution < 1.29 is 23.1 Å². The van der Waals surface area contributed by atoms with Crippen LogP contribution in [-0.2, 0) is 27.7 Å². The second-order valence-electron chi connectivity index (χ2n) is 7.78. The summed E-state index contributed by atoms with van der Waals surface area (Å²) >= 11 is 1.31. The monoisotopic (exact) mass is 461 g/mol. The highest BCUT2D eigenvalue weighted by atomic mass is 32.2. The Kier molecular flexibility index (Phi) is 7.03. The number of ether oxygens (including phenoxy) is 1. The minimum atomic E-state index is -3.56. The first-order valence-electron chi connectivity index (χ1n) is 10.2. The van der Waals surface area contributed by atoms with E-state index >= 15 is 0 Å². The molecule has 0 spiro atoms. The van der Waals surface area contributed by atoms with Crippen LogP contribution in [0.5, 0.6) is 5.75 Å². The van der Waals surface area contributed by atoms with E-state index in [-0.39, 0.29) is 0 Å². The Morgan fingerprint density at radius 1 is 1.13 bits per heavy atom. The van der Waals surface area contributed by atoms with Crippen LogP contribution in [0.3, 0.4) is 0 Å². The van der Waals surface area contributed by atoms with Crippen molar-refractivity contribution in [2.75, 3.05) is 6.54 Å². The number of fused-ring (bicyclic) bond motifs is 1. The number of hydrogen-bond acceptors (Lipinski definition) is 5. The number of carbonyl (C=O) groups is 1. The zero-order valence-corrected chi connectivity index (χ0v) is 19.5. The molecule has 166 valence electrons. The van der Waals surface area contributed by atoms with Gasteiger partial charge in [-0.3, -0.25) is 0 Å². The van der Waals surface area contributed by atoms with Crippen LogP contribution in [0.2, 0.25) is 0 Å². The van der Waals surface area contributed by atoms with Gasteiger partial charge in [0.2, 0.25) is 10.0 Å². The highest BCUT2D eigenvalue weighted by molar-refractivity contribution is 7.91. The van der Waals surface area contributed by atoms with E-state index in [1.807, 2.05) is 43.3 Å². The number of nitrogens with one attached hydrogen (secondary N) is 1.